The van der Waals surface area contributed by atoms with Gasteiger partial charge in [0.05, 0.1) is 0 Å². The molecule has 0 radical (unpaired) electrons. The minimum Gasteiger partial charge on any atom is -0.455 e. The summed E-state index contributed by atoms with van der Waals surface area (Å²) in [6.07, 6.45) is 0. The van der Waals surface area contributed by atoms with Crippen LogP contribution in [0.5, 0.6) is 0 Å². The Kier molecular flexibility index (Phi) is 7.42. The van der Waals surface area contributed by atoms with E-state index in [2.05, 4.69) is 152 Å². The summed E-state index contributed by atoms with van der Waals surface area (Å²) in [6.45, 7) is 0. The van der Waals surface area contributed by atoms with Gasteiger partial charge in [-0.3, -0.25) is 0 Å². The summed E-state index contributed by atoms with van der Waals surface area (Å²) < 4.78 is 13.2. The highest BCUT2D eigenvalue weighted by Gasteiger charge is 2.19. The SMILES string of the molecule is c1ccc(-c2cccc(-c3nc(-c4cccc(-c5ccccc5)c4)nc(-c4ccc5c(c4)oc4c(-c6cccc7c6oc6ccccc67)cccc45)n3)c2)cc1. The lowest BCUT2D eigenvalue weighted by Crippen LogP contribution is -2.00. The van der Waals surface area contributed by atoms with Gasteiger partial charge in [-0.25, -0.2) is 15.0 Å². The minimum absolute atomic E-state index is 0.565. The summed E-state index contributed by atoms with van der Waals surface area (Å²) >= 11 is 0. The third kappa shape index (κ3) is 5.45. The van der Waals surface area contributed by atoms with Gasteiger partial charge in [-0.1, -0.05) is 158 Å². The average Bonchev–Trinajstić information content (AvgIpc) is 3.85. The maximum Gasteiger partial charge on any atom is 0.164 e. The van der Waals surface area contributed by atoms with Crippen molar-refractivity contribution < 1.29 is 8.83 Å². The van der Waals surface area contributed by atoms with Crippen molar-refractivity contribution >= 4 is 43.9 Å². The Morgan fingerprint density at radius 3 is 1.25 bits per heavy atom. The average molecular weight is 718 g/mol. The Hall–Kier alpha value is -7.63. The maximum atomic E-state index is 6.77. The summed E-state index contributed by atoms with van der Waals surface area (Å²) in [5, 5.41) is 4.23. The summed E-state index contributed by atoms with van der Waals surface area (Å²) in [5.74, 6) is 1.76. The lowest BCUT2D eigenvalue weighted by atomic mass is 10.00. The van der Waals surface area contributed by atoms with Crippen LogP contribution in [0.3, 0.4) is 0 Å². The molecule has 0 bridgehead atoms. The van der Waals surface area contributed by atoms with E-state index in [-0.39, 0.29) is 0 Å². The topological polar surface area (TPSA) is 65.0 Å². The van der Waals surface area contributed by atoms with Crippen molar-refractivity contribution in [3.63, 3.8) is 0 Å². The fourth-order valence-corrected chi connectivity index (χ4v) is 7.81. The van der Waals surface area contributed by atoms with Crippen LogP contribution < -0.4 is 0 Å². The molecule has 0 atom stereocenters. The van der Waals surface area contributed by atoms with Crippen molar-refractivity contribution in [2.45, 2.75) is 0 Å². The van der Waals surface area contributed by atoms with Gasteiger partial charge < -0.3 is 8.83 Å². The Morgan fingerprint density at radius 1 is 0.268 bits per heavy atom. The van der Waals surface area contributed by atoms with Gasteiger partial charge in [-0.2, -0.15) is 0 Å². The first kappa shape index (κ1) is 31.9. The molecule has 262 valence electrons. The van der Waals surface area contributed by atoms with Crippen LogP contribution in [-0.2, 0) is 0 Å². The molecule has 0 aliphatic heterocycles. The van der Waals surface area contributed by atoms with Crippen LogP contribution in [0.2, 0.25) is 0 Å². The summed E-state index contributed by atoms with van der Waals surface area (Å²) in [7, 11) is 0. The molecule has 11 aromatic rings. The molecule has 0 saturated carbocycles. The van der Waals surface area contributed by atoms with Crippen LogP contribution in [-0.4, -0.2) is 15.0 Å². The first-order chi connectivity index (χ1) is 27.7. The largest absolute Gasteiger partial charge is 0.455 e. The molecule has 11 rings (SSSR count). The smallest absolute Gasteiger partial charge is 0.164 e. The summed E-state index contributed by atoms with van der Waals surface area (Å²) in [4.78, 5) is 15.3. The molecule has 0 saturated heterocycles. The first-order valence-corrected chi connectivity index (χ1v) is 18.7. The third-order valence-corrected chi connectivity index (χ3v) is 10.5. The highest BCUT2D eigenvalue weighted by molar-refractivity contribution is 6.15. The van der Waals surface area contributed by atoms with E-state index in [0.29, 0.717) is 17.5 Å². The van der Waals surface area contributed by atoms with Crippen molar-refractivity contribution in [3.8, 4) is 67.5 Å². The van der Waals surface area contributed by atoms with Crippen molar-refractivity contribution in [2.24, 2.45) is 0 Å². The Morgan fingerprint density at radius 2 is 0.679 bits per heavy atom. The highest BCUT2D eigenvalue weighted by Crippen LogP contribution is 2.42. The number of nitrogens with zero attached hydrogens (tertiary/aromatic N) is 3. The molecular formula is C51H31N3O2. The predicted molar refractivity (Wildman–Crippen MR) is 227 cm³/mol. The standard InChI is InChI=1S/C51H31N3O2/c1-3-13-32(14-4-1)34-17-9-19-36(29-34)49-52-50(37-20-10-18-35(30-37)33-15-5-2-6-16-33)54-51(53-49)38-27-28-40-42-23-12-25-44(48(42)56-46(40)31-38)43-24-11-22-41-39-21-7-8-26-45(39)55-47(41)43/h1-31H. The molecule has 0 aliphatic rings. The number of aromatic nitrogens is 3. The van der Waals surface area contributed by atoms with Gasteiger partial charge in [0.1, 0.15) is 22.3 Å². The summed E-state index contributed by atoms with van der Waals surface area (Å²) in [5.41, 5.74) is 12.3. The van der Waals surface area contributed by atoms with Gasteiger partial charge in [0.15, 0.2) is 17.5 Å². The second kappa shape index (κ2) is 13.0. The number of hydrogen-bond acceptors (Lipinski definition) is 5. The van der Waals surface area contributed by atoms with Crippen LogP contribution in [0.15, 0.2) is 197 Å². The maximum absolute atomic E-state index is 6.77. The molecular weight excluding hydrogens is 687 g/mol. The fraction of sp³-hybridized carbons (Fsp3) is 0. The van der Waals surface area contributed by atoms with E-state index in [1.165, 1.54) is 0 Å². The van der Waals surface area contributed by atoms with Gasteiger partial charge in [-0.15, -0.1) is 0 Å². The van der Waals surface area contributed by atoms with Gasteiger partial charge in [0.2, 0.25) is 0 Å². The van der Waals surface area contributed by atoms with E-state index in [1.807, 2.05) is 36.4 Å². The van der Waals surface area contributed by atoms with E-state index < -0.39 is 0 Å². The predicted octanol–water partition coefficient (Wildman–Crippen LogP) is 13.7. The van der Waals surface area contributed by atoms with Crippen LogP contribution in [0.4, 0.5) is 0 Å². The molecule has 0 spiro atoms. The van der Waals surface area contributed by atoms with E-state index in [4.69, 9.17) is 23.8 Å². The molecule has 5 heteroatoms. The summed E-state index contributed by atoms with van der Waals surface area (Å²) in [6, 6.07) is 64.5. The molecule has 0 N–H and O–H groups in total. The lowest BCUT2D eigenvalue weighted by Gasteiger charge is -2.10. The Balaban J connectivity index is 1.07. The Bertz CT molecular complexity index is 3150. The number of rotatable bonds is 6. The van der Waals surface area contributed by atoms with Crippen molar-refractivity contribution in [2.75, 3.05) is 0 Å². The van der Waals surface area contributed by atoms with Gasteiger partial charge in [0, 0.05) is 49.4 Å². The highest BCUT2D eigenvalue weighted by atomic mass is 16.3. The molecule has 0 unspecified atom stereocenters. The van der Waals surface area contributed by atoms with Gasteiger partial charge in [0.25, 0.3) is 0 Å². The fourth-order valence-electron chi connectivity index (χ4n) is 7.81. The molecule has 56 heavy (non-hydrogen) atoms. The molecule has 0 aliphatic carbocycles. The number of benzene rings is 8. The van der Waals surface area contributed by atoms with Crippen molar-refractivity contribution in [1.29, 1.82) is 0 Å². The second-order valence-corrected chi connectivity index (χ2v) is 14.0. The van der Waals surface area contributed by atoms with Crippen molar-refractivity contribution in [1.82, 2.24) is 15.0 Å². The molecule has 8 aromatic carbocycles. The normalized spacial score (nSPS) is 11.6. The molecule has 3 aromatic heterocycles. The van der Waals surface area contributed by atoms with Gasteiger partial charge in [-0.05, 0) is 52.6 Å². The zero-order chi connectivity index (χ0) is 37.0. The monoisotopic (exact) mass is 717 g/mol. The first-order valence-electron chi connectivity index (χ1n) is 18.7. The quantitative estimate of drug-likeness (QED) is 0.171. The number of para-hydroxylation sites is 3. The van der Waals surface area contributed by atoms with Crippen LogP contribution in [0.1, 0.15) is 0 Å². The number of fused-ring (bicyclic) bond motifs is 6. The molecule has 3 heterocycles. The number of hydrogen-bond donors (Lipinski definition) is 0. The van der Waals surface area contributed by atoms with Gasteiger partial charge >= 0.3 is 0 Å². The van der Waals surface area contributed by atoms with Crippen LogP contribution in [0, 0.1) is 0 Å². The minimum atomic E-state index is 0.565. The van der Waals surface area contributed by atoms with Crippen molar-refractivity contribution in [3.05, 3.63) is 188 Å². The van der Waals surface area contributed by atoms with E-state index >= 15 is 0 Å². The molecule has 5 nitrogen and oxygen atoms in total. The van der Waals surface area contributed by atoms with E-state index in [9.17, 15) is 0 Å². The molecule has 0 amide bonds. The van der Waals surface area contributed by atoms with E-state index in [1.54, 1.807) is 0 Å². The van der Waals surface area contributed by atoms with E-state index in [0.717, 1.165) is 93.9 Å². The zero-order valence-electron chi connectivity index (χ0n) is 30.1. The second-order valence-electron chi connectivity index (χ2n) is 14.0. The zero-order valence-corrected chi connectivity index (χ0v) is 30.1. The Labute approximate surface area is 322 Å². The lowest BCUT2D eigenvalue weighted by molar-refractivity contribution is 0.665. The van der Waals surface area contributed by atoms with Crippen LogP contribution in [0.25, 0.3) is 111 Å². The number of furan rings is 2. The third-order valence-electron chi connectivity index (χ3n) is 10.5. The van der Waals surface area contributed by atoms with Crippen LogP contribution >= 0.6 is 0 Å². The molecule has 0 fully saturated rings.